The van der Waals surface area contributed by atoms with Crippen molar-refractivity contribution in [3.63, 3.8) is 0 Å². The van der Waals surface area contributed by atoms with Gasteiger partial charge in [0.25, 0.3) is 0 Å². The van der Waals surface area contributed by atoms with E-state index in [0.717, 1.165) is 6.61 Å². The van der Waals surface area contributed by atoms with Gasteiger partial charge in [0, 0.05) is 37.3 Å². The van der Waals surface area contributed by atoms with Crippen LogP contribution in [0.3, 0.4) is 0 Å². The van der Waals surface area contributed by atoms with E-state index >= 15 is 0 Å². The molecule has 2 aliphatic carbocycles. The molecule has 1 heterocycles. The van der Waals surface area contributed by atoms with E-state index in [-0.39, 0.29) is 0 Å². The number of ether oxygens (including phenoxy) is 1. The fourth-order valence-corrected chi connectivity index (χ4v) is 5.02. The molecule has 1 unspecified atom stereocenters. The molecule has 0 aromatic rings. The summed E-state index contributed by atoms with van der Waals surface area (Å²) in [4.78, 5) is 2.84. The minimum absolute atomic E-state index is 0.411. The highest BCUT2D eigenvalue weighted by molar-refractivity contribution is 5.09. The second kappa shape index (κ2) is 5.94. The third-order valence-electron chi connectivity index (χ3n) is 6.16. The average Bonchev–Trinajstić information content (AvgIpc) is 2.93. The lowest BCUT2D eigenvalue weighted by Gasteiger charge is -2.56. The lowest BCUT2D eigenvalue weighted by atomic mass is 9.76. The van der Waals surface area contributed by atoms with Crippen LogP contribution in [0.25, 0.3) is 0 Å². The average molecular weight is 280 g/mol. The largest absolute Gasteiger partial charge is 0.383 e. The number of piperazine rings is 1. The van der Waals surface area contributed by atoms with E-state index in [1.165, 1.54) is 70.9 Å². The van der Waals surface area contributed by atoms with Gasteiger partial charge in [-0.2, -0.15) is 0 Å². The summed E-state index contributed by atoms with van der Waals surface area (Å²) in [6.07, 6.45) is 12.6. The molecule has 20 heavy (non-hydrogen) atoms. The molecule has 0 aromatic heterocycles. The second-order valence-corrected chi connectivity index (χ2v) is 7.56. The molecule has 3 aliphatic rings. The van der Waals surface area contributed by atoms with Gasteiger partial charge in [-0.05, 0) is 32.6 Å². The van der Waals surface area contributed by atoms with Crippen molar-refractivity contribution in [2.24, 2.45) is 0 Å². The zero-order chi connectivity index (χ0) is 14.1. The summed E-state index contributed by atoms with van der Waals surface area (Å²) in [5.74, 6) is 0. The van der Waals surface area contributed by atoms with Gasteiger partial charge >= 0.3 is 0 Å². The van der Waals surface area contributed by atoms with Gasteiger partial charge < -0.3 is 10.1 Å². The predicted octanol–water partition coefficient (Wildman–Crippen LogP) is 2.94. The molecule has 1 saturated heterocycles. The van der Waals surface area contributed by atoms with E-state index < -0.39 is 0 Å². The minimum Gasteiger partial charge on any atom is -0.383 e. The van der Waals surface area contributed by atoms with E-state index in [2.05, 4.69) is 17.1 Å². The summed E-state index contributed by atoms with van der Waals surface area (Å²) in [5.41, 5.74) is 0.842. The van der Waals surface area contributed by atoms with Crippen molar-refractivity contribution in [1.82, 2.24) is 10.2 Å². The van der Waals surface area contributed by atoms with E-state index in [1.807, 2.05) is 7.11 Å². The van der Waals surface area contributed by atoms with Crippen LogP contribution < -0.4 is 5.32 Å². The molecule has 2 spiro atoms. The molecule has 0 bridgehead atoms. The molecule has 3 nitrogen and oxygen atoms in total. The second-order valence-electron chi connectivity index (χ2n) is 7.56. The molecule has 0 amide bonds. The molecule has 1 aliphatic heterocycles. The van der Waals surface area contributed by atoms with Gasteiger partial charge in [-0.3, -0.25) is 4.90 Å². The number of hydrogen-bond acceptors (Lipinski definition) is 3. The Labute approximate surface area is 124 Å². The SMILES string of the molecule is COCC(C)N1CC2(CCCCC2)NCC12CCCC2. The number of nitrogens with one attached hydrogen (secondary N) is 1. The Morgan fingerprint density at radius 3 is 2.35 bits per heavy atom. The van der Waals surface area contributed by atoms with Crippen LogP contribution in [0, 0.1) is 0 Å². The molecule has 3 heteroatoms. The summed E-state index contributed by atoms with van der Waals surface area (Å²) in [6, 6.07) is 0.555. The summed E-state index contributed by atoms with van der Waals surface area (Å²) in [6.45, 7) is 5.70. The molecule has 0 aromatic carbocycles. The van der Waals surface area contributed by atoms with Gasteiger partial charge in [0.1, 0.15) is 0 Å². The highest BCUT2D eigenvalue weighted by atomic mass is 16.5. The first-order chi connectivity index (χ1) is 9.70. The number of methoxy groups -OCH3 is 1. The van der Waals surface area contributed by atoms with Crippen LogP contribution in [0.1, 0.15) is 64.7 Å². The first-order valence-electron chi connectivity index (χ1n) is 8.71. The van der Waals surface area contributed by atoms with Crippen molar-refractivity contribution in [1.29, 1.82) is 0 Å². The van der Waals surface area contributed by atoms with Gasteiger partial charge in [-0.25, -0.2) is 0 Å². The topological polar surface area (TPSA) is 24.5 Å². The summed E-state index contributed by atoms with van der Waals surface area (Å²) in [7, 11) is 1.84. The third-order valence-corrected chi connectivity index (χ3v) is 6.16. The van der Waals surface area contributed by atoms with Crippen LogP contribution in [0.15, 0.2) is 0 Å². The van der Waals surface area contributed by atoms with Crippen LogP contribution in [0.5, 0.6) is 0 Å². The van der Waals surface area contributed by atoms with Gasteiger partial charge in [-0.15, -0.1) is 0 Å². The lowest BCUT2D eigenvalue weighted by molar-refractivity contribution is -0.0484. The van der Waals surface area contributed by atoms with E-state index in [4.69, 9.17) is 4.74 Å². The Hall–Kier alpha value is -0.120. The molecule has 3 fully saturated rings. The first-order valence-corrected chi connectivity index (χ1v) is 8.71. The van der Waals surface area contributed by atoms with Crippen LogP contribution in [-0.2, 0) is 4.74 Å². The predicted molar refractivity (Wildman–Crippen MR) is 83.1 cm³/mol. The number of rotatable bonds is 3. The van der Waals surface area contributed by atoms with Crippen molar-refractivity contribution in [2.75, 3.05) is 26.8 Å². The van der Waals surface area contributed by atoms with Crippen molar-refractivity contribution in [3.8, 4) is 0 Å². The fraction of sp³-hybridized carbons (Fsp3) is 1.00. The normalized spacial score (nSPS) is 30.9. The number of nitrogens with zero attached hydrogens (tertiary/aromatic N) is 1. The monoisotopic (exact) mass is 280 g/mol. The smallest absolute Gasteiger partial charge is 0.0615 e. The lowest BCUT2D eigenvalue weighted by Crippen LogP contribution is -2.71. The van der Waals surface area contributed by atoms with Crippen LogP contribution >= 0.6 is 0 Å². The van der Waals surface area contributed by atoms with Gasteiger partial charge in [0.05, 0.1) is 6.61 Å². The highest BCUT2D eigenvalue weighted by Crippen LogP contribution is 2.42. The zero-order valence-corrected chi connectivity index (χ0v) is 13.4. The van der Waals surface area contributed by atoms with Crippen molar-refractivity contribution >= 4 is 0 Å². The zero-order valence-electron chi connectivity index (χ0n) is 13.4. The van der Waals surface area contributed by atoms with Crippen LogP contribution in [0.4, 0.5) is 0 Å². The van der Waals surface area contributed by atoms with Crippen LogP contribution in [0.2, 0.25) is 0 Å². The molecular weight excluding hydrogens is 248 g/mol. The van der Waals surface area contributed by atoms with Gasteiger partial charge in [0.2, 0.25) is 0 Å². The summed E-state index contributed by atoms with van der Waals surface area (Å²) >= 11 is 0. The van der Waals surface area contributed by atoms with Crippen LogP contribution in [-0.4, -0.2) is 48.8 Å². The van der Waals surface area contributed by atoms with Crippen molar-refractivity contribution < 1.29 is 4.74 Å². The van der Waals surface area contributed by atoms with Gasteiger partial charge in [-0.1, -0.05) is 32.1 Å². The Morgan fingerprint density at radius 1 is 1.05 bits per heavy atom. The molecule has 1 N–H and O–H groups in total. The summed E-state index contributed by atoms with van der Waals surface area (Å²) < 4.78 is 5.47. The molecule has 2 saturated carbocycles. The molecule has 116 valence electrons. The quantitative estimate of drug-likeness (QED) is 0.860. The molecule has 1 atom stereocenters. The highest BCUT2D eigenvalue weighted by Gasteiger charge is 2.50. The maximum atomic E-state index is 5.47. The Bertz CT molecular complexity index is 319. The molecule has 0 radical (unpaired) electrons. The van der Waals surface area contributed by atoms with Crippen molar-refractivity contribution in [2.45, 2.75) is 81.8 Å². The van der Waals surface area contributed by atoms with E-state index in [1.54, 1.807) is 0 Å². The maximum absolute atomic E-state index is 5.47. The molecule has 3 rings (SSSR count). The number of hydrogen-bond donors (Lipinski definition) is 1. The van der Waals surface area contributed by atoms with Gasteiger partial charge in [0.15, 0.2) is 0 Å². The van der Waals surface area contributed by atoms with E-state index in [9.17, 15) is 0 Å². The Morgan fingerprint density at radius 2 is 1.70 bits per heavy atom. The first kappa shape index (κ1) is 14.8. The molecular formula is C17H32N2O. The fourth-order valence-electron chi connectivity index (χ4n) is 5.02. The maximum Gasteiger partial charge on any atom is 0.0615 e. The minimum atomic E-state index is 0.411. The summed E-state index contributed by atoms with van der Waals surface area (Å²) in [5, 5.41) is 4.01. The van der Waals surface area contributed by atoms with Crippen molar-refractivity contribution in [3.05, 3.63) is 0 Å². The Balaban J connectivity index is 1.78. The third kappa shape index (κ3) is 2.65. The van der Waals surface area contributed by atoms with E-state index in [0.29, 0.717) is 17.1 Å². The Kier molecular flexibility index (Phi) is 4.40. The standard InChI is InChI=1S/C17H32N2O/c1-15(12-20-2)19-14-16(8-4-3-5-9-16)18-13-17(19)10-6-7-11-17/h15,18H,3-14H2,1-2H3.